The summed E-state index contributed by atoms with van der Waals surface area (Å²) in [4.78, 5) is 19.5. The van der Waals surface area contributed by atoms with Crippen molar-refractivity contribution in [1.29, 1.82) is 0 Å². The van der Waals surface area contributed by atoms with Crippen LogP contribution in [0.2, 0.25) is 0 Å². The van der Waals surface area contributed by atoms with Gasteiger partial charge in [-0.25, -0.2) is 4.68 Å². The molecule has 1 aliphatic heterocycles. The second-order valence-corrected chi connectivity index (χ2v) is 7.72. The lowest BCUT2D eigenvalue weighted by Gasteiger charge is -2.20. The van der Waals surface area contributed by atoms with E-state index in [0.29, 0.717) is 31.6 Å². The van der Waals surface area contributed by atoms with E-state index in [1.807, 2.05) is 53.8 Å². The Kier molecular flexibility index (Phi) is 5.18. The van der Waals surface area contributed by atoms with Crippen molar-refractivity contribution in [2.24, 2.45) is 0 Å². The molecule has 0 spiro atoms. The molecule has 7 nitrogen and oxygen atoms in total. The van der Waals surface area contributed by atoms with Crippen LogP contribution in [0.25, 0.3) is 22.0 Å². The first-order valence-corrected chi connectivity index (χ1v) is 10.5. The van der Waals surface area contributed by atoms with E-state index in [0.717, 1.165) is 39.6 Å². The predicted molar refractivity (Wildman–Crippen MR) is 119 cm³/mol. The number of para-hydroxylation sites is 1. The van der Waals surface area contributed by atoms with Crippen LogP contribution < -0.4 is 4.90 Å². The van der Waals surface area contributed by atoms with Gasteiger partial charge in [0.05, 0.1) is 25.0 Å². The molecule has 7 heteroatoms. The van der Waals surface area contributed by atoms with Gasteiger partial charge in [0.1, 0.15) is 5.69 Å². The van der Waals surface area contributed by atoms with Crippen LogP contribution in [0, 0.1) is 0 Å². The van der Waals surface area contributed by atoms with Gasteiger partial charge in [-0.05, 0) is 29.4 Å². The van der Waals surface area contributed by atoms with E-state index in [1.54, 1.807) is 4.68 Å². The number of hydrogen-bond acceptors (Lipinski definition) is 5. The molecule has 3 heterocycles. The number of amides is 1. The van der Waals surface area contributed by atoms with Gasteiger partial charge in [-0.15, -0.1) is 5.10 Å². The molecule has 0 atom stereocenters. The zero-order valence-corrected chi connectivity index (χ0v) is 17.1. The third-order valence-electron chi connectivity index (χ3n) is 5.80. The van der Waals surface area contributed by atoms with Crippen LogP contribution >= 0.6 is 0 Å². The number of hydrogen-bond donors (Lipinski definition) is 1. The van der Waals surface area contributed by atoms with E-state index in [4.69, 9.17) is 5.11 Å². The van der Waals surface area contributed by atoms with Crippen molar-refractivity contribution in [2.45, 2.75) is 25.8 Å². The highest BCUT2D eigenvalue weighted by atomic mass is 16.3. The fourth-order valence-electron chi connectivity index (χ4n) is 4.30. The Morgan fingerprint density at radius 1 is 1.10 bits per heavy atom. The zero-order valence-electron chi connectivity index (χ0n) is 17.1. The Morgan fingerprint density at radius 3 is 2.90 bits per heavy atom. The molecule has 0 radical (unpaired) electrons. The normalized spacial score (nSPS) is 13.0. The van der Waals surface area contributed by atoms with Gasteiger partial charge in [0.15, 0.2) is 0 Å². The number of aromatic nitrogens is 4. The van der Waals surface area contributed by atoms with E-state index in [2.05, 4.69) is 27.4 Å². The molecule has 1 amide bonds. The Labute approximate surface area is 180 Å². The maximum Gasteiger partial charge on any atom is 0.227 e. The Balaban J connectivity index is 1.40. The highest BCUT2D eigenvalue weighted by Gasteiger charge is 2.28. The molecule has 0 fully saturated rings. The van der Waals surface area contributed by atoms with Crippen molar-refractivity contribution >= 4 is 22.4 Å². The van der Waals surface area contributed by atoms with Gasteiger partial charge < -0.3 is 10.0 Å². The first-order chi connectivity index (χ1) is 15.2. The molecule has 156 valence electrons. The second-order valence-electron chi connectivity index (χ2n) is 7.72. The van der Waals surface area contributed by atoms with Crippen LogP contribution in [-0.4, -0.2) is 44.1 Å². The van der Waals surface area contributed by atoms with Gasteiger partial charge in [-0.3, -0.25) is 9.78 Å². The van der Waals surface area contributed by atoms with Gasteiger partial charge in [-0.2, -0.15) is 0 Å². The van der Waals surface area contributed by atoms with Crippen molar-refractivity contribution in [3.8, 4) is 11.3 Å². The topological polar surface area (TPSA) is 84.1 Å². The summed E-state index contributed by atoms with van der Waals surface area (Å²) in [6.45, 7) is 1.07. The Bertz CT molecular complexity index is 1240. The molecule has 0 aliphatic carbocycles. The number of aliphatic hydroxyl groups excluding tert-OH is 1. The standard InChI is InChI=1S/C24H23N5O2/c30-13-12-28-16-22(26-27-28)21-7-3-5-17-10-11-29(24(17)21)23(31)9-8-19-15-25-14-18-4-1-2-6-20(18)19/h1-7,14-16,30H,8-13H2. The van der Waals surface area contributed by atoms with Crippen LogP contribution in [0.5, 0.6) is 0 Å². The van der Waals surface area contributed by atoms with Gasteiger partial charge in [0.2, 0.25) is 5.91 Å². The molecule has 1 aliphatic rings. The lowest BCUT2D eigenvalue weighted by molar-refractivity contribution is -0.118. The molecule has 0 saturated carbocycles. The maximum atomic E-state index is 13.2. The third kappa shape index (κ3) is 3.68. The van der Waals surface area contributed by atoms with Crippen LogP contribution in [0.4, 0.5) is 5.69 Å². The molecule has 0 saturated heterocycles. The molecular weight excluding hydrogens is 390 g/mol. The van der Waals surface area contributed by atoms with Crippen molar-refractivity contribution in [1.82, 2.24) is 20.0 Å². The van der Waals surface area contributed by atoms with Crippen molar-refractivity contribution in [3.05, 3.63) is 72.2 Å². The van der Waals surface area contributed by atoms with Gasteiger partial charge in [-0.1, -0.05) is 47.7 Å². The third-order valence-corrected chi connectivity index (χ3v) is 5.80. The van der Waals surface area contributed by atoms with E-state index in [1.165, 1.54) is 0 Å². The van der Waals surface area contributed by atoms with Gasteiger partial charge in [0.25, 0.3) is 0 Å². The monoisotopic (exact) mass is 413 g/mol. The molecule has 1 N–H and O–H groups in total. The van der Waals surface area contributed by atoms with Gasteiger partial charge >= 0.3 is 0 Å². The summed E-state index contributed by atoms with van der Waals surface area (Å²) in [5, 5.41) is 19.7. The number of fused-ring (bicyclic) bond motifs is 2. The molecule has 2 aromatic carbocycles. The minimum atomic E-state index is 0.00331. The summed E-state index contributed by atoms with van der Waals surface area (Å²) in [6.07, 6.45) is 7.42. The molecule has 4 aromatic rings. The number of carbonyl (C=O) groups excluding carboxylic acids is 1. The summed E-state index contributed by atoms with van der Waals surface area (Å²) in [6, 6.07) is 14.2. The SMILES string of the molecule is O=C(CCc1cncc2ccccc12)N1CCc2cccc(-c3cn(CCO)nn3)c21. The average Bonchev–Trinajstić information content (AvgIpc) is 3.45. The fourth-order valence-corrected chi connectivity index (χ4v) is 4.30. The number of aryl methyl sites for hydroxylation is 1. The van der Waals surface area contributed by atoms with E-state index in [9.17, 15) is 4.79 Å². The first-order valence-electron chi connectivity index (χ1n) is 10.5. The maximum absolute atomic E-state index is 13.2. The highest BCUT2D eigenvalue weighted by Crippen LogP contribution is 2.37. The predicted octanol–water partition coefficient (Wildman–Crippen LogP) is 3.01. The number of anilines is 1. The lowest BCUT2D eigenvalue weighted by Crippen LogP contribution is -2.29. The largest absolute Gasteiger partial charge is 0.394 e. The summed E-state index contributed by atoms with van der Waals surface area (Å²) in [5.41, 5.74) is 4.78. The molecule has 2 aromatic heterocycles. The number of rotatable bonds is 6. The quantitative estimate of drug-likeness (QED) is 0.525. The second kappa shape index (κ2) is 8.28. The number of benzene rings is 2. The van der Waals surface area contributed by atoms with E-state index >= 15 is 0 Å². The number of pyridine rings is 1. The summed E-state index contributed by atoms with van der Waals surface area (Å²) >= 11 is 0. The molecule has 5 rings (SSSR count). The Morgan fingerprint density at radius 2 is 2.00 bits per heavy atom. The Hall–Kier alpha value is -3.58. The van der Waals surface area contributed by atoms with Crippen molar-refractivity contribution < 1.29 is 9.90 Å². The van der Waals surface area contributed by atoms with Crippen LogP contribution in [-0.2, 0) is 24.2 Å². The number of carbonyl (C=O) groups is 1. The molecular formula is C24H23N5O2. The highest BCUT2D eigenvalue weighted by molar-refractivity contribution is 6.00. The zero-order chi connectivity index (χ0) is 21.2. The summed E-state index contributed by atoms with van der Waals surface area (Å²) in [7, 11) is 0. The van der Waals surface area contributed by atoms with Crippen LogP contribution in [0.1, 0.15) is 17.5 Å². The minimum absolute atomic E-state index is 0.00331. The summed E-state index contributed by atoms with van der Waals surface area (Å²) < 4.78 is 1.61. The van der Waals surface area contributed by atoms with Crippen molar-refractivity contribution in [2.75, 3.05) is 18.1 Å². The van der Waals surface area contributed by atoms with Crippen LogP contribution in [0.15, 0.2) is 61.1 Å². The van der Waals surface area contributed by atoms with Crippen molar-refractivity contribution in [3.63, 3.8) is 0 Å². The lowest BCUT2D eigenvalue weighted by atomic mass is 10.0. The number of aliphatic hydroxyl groups is 1. The van der Waals surface area contributed by atoms with Gasteiger partial charge in [0, 0.05) is 36.3 Å². The fraction of sp³-hybridized carbons (Fsp3) is 0.250. The van der Waals surface area contributed by atoms with E-state index < -0.39 is 0 Å². The molecule has 0 unspecified atom stereocenters. The molecule has 31 heavy (non-hydrogen) atoms. The molecule has 0 bridgehead atoms. The van der Waals surface area contributed by atoms with Crippen LogP contribution in [0.3, 0.4) is 0 Å². The summed E-state index contributed by atoms with van der Waals surface area (Å²) in [5.74, 6) is 0.0990. The minimum Gasteiger partial charge on any atom is -0.394 e. The number of nitrogens with zero attached hydrogens (tertiary/aromatic N) is 5. The smallest absolute Gasteiger partial charge is 0.227 e. The average molecular weight is 413 g/mol. The first kappa shape index (κ1) is 19.4. The van der Waals surface area contributed by atoms with E-state index in [-0.39, 0.29) is 12.5 Å².